The van der Waals surface area contributed by atoms with Crippen LogP contribution in [0, 0.1) is 0 Å². The summed E-state index contributed by atoms with van der Waals surface area (Å²) in [5.74, 6) is 0. The molecule has 0 fully saturated rings. The van der Waals surface area contributed by atoms with Gasteiger partial charge in [-0.05, 0) is 116 Å². The van der Waals surface area contributed by atoms with Crippen molar-refractivity contribution < 1.29 is 4.42 Å². The van der Waals surface area contributed by atoms with Gasteiger partial charge in [0, 0.05) is 27.8 Å². The maximum Gasteiger partial charge on any atom is 0.136 e. The van der Waals surface area contributed by atoms with Crippen molar-refractivity contribution in [3.63, 3.8) is 0 Å². The molecule has 0 unspecified atom stereocenters. The number of hydrogen-bond acceptors (Lipinski definition) is 2. The first-order valence-electron chi connectivity index (χ1n) is 18.4. The molecule has 2 nitrogen and oxygen atoms in total. The Balaban J connectivity index is 1.08. The summed E-state index contributed by atoms with van der Waals surface area (Å²) >= 11 is 0. The number of fused-ring (bicyclic) bond motifs is 5. The Morgan fingerprint density at radius 1 is 0.278 bits per heavy atom. The van der Waals surface area contributed by atoms with Crippen molar-refractivity contribution in [2.75, 3.05) is 4.90 Å². The van der Waals surface area contributed by atoms with Crippen molar-refractivity contribution in [3.8, 4) is 44.5 Å². The van der Waals surface area contributed by atoms with Crippen molar-refractivity contribution >= 4 is 49.8 Å². The molecule has 0 spiro atoms. The molecular weight excluding hydrogens is 655 g/mol. The molecule has 2 heteroatoms. The highest BCUT2D eigenvalue weighted by atomic mass is 16.3. The van der Waals surface area contributed by atoms with Crippen LogP contribution in [-0.4, -0.2) is 0 Å². The Kier molecular flexibility index (Phi) is 7.85. The van der Waals surface area contributed by atoms with E-state index in [2.05, 4.69) is 217 Å². The summed E-state index contributed by atoms with van der Waals surface area (Å²) in [5.41, 5.74) is 14.5. The number of para-hydroxylation sites is 1. The van der Waals surface area contributed by atoms with Crippen LogP contribution in [0.3, 0.4) is 0 Å². The highest BCUT2D eigenvalue weighted by molar-refractivity contribution is 6.22. The lowest BCUT2D eigenvalue weighted by molar-refractivity contribution is 0.669. The van der Waals surface area contributed by atoms with Crippen LogP contribution in [0.1, 0.15) is 0 Å². The summed E-state index contributed by atoms with van der Waals surface area (Å²) in [5, 5.41) is 4.70. The summed E-state index contributed by atoms with van der Waals surface area (Å²) in [6, 6.07) is 75.8. The molecule has 10 rings (SSSR count). The van der Waals surface area contributed by atoms with Crippen molar-refractivity contribution in [1.82, 2.24) is 0 Å². The van der Waals surface area contributed by atoms with E-state index >= 15 is 0 Å². The van der Waals surface area contributed by atoms with Gasteiger partial charge in [0.2, 0.25) is 0 Å². The van der Waals surface area contributed by atoms with E-state index in [1.807, 2.05) is 0 Å². The highest BCUT2D eigenvalue weighted by Crippen LogP contribution is 2.43. The SMILES string of the molecule is c1ccc(-c2cc(-c3ccccc3)cc(N(c3ccccc3)c3ccc(-c4ccc5oc6cc(-c7ccccc7)c7ccccc7c6c5c4)cc3)c2)cc1. The van der Waals surface area contributed by atoms with Crippen LogP contribution in [0.2, 0.25) is 0 Å². The zero-order chi connectivity index (χ0) is 35.8. The van der Waals surface area contributed by atoms with E-state index in [1.165, 1.54) is 44.2 Å². The quantitative estimate of drug-likeness (QED) is 0.166. The minimum absolute atomic E-state index is 0.892. The topological polar surface area (TPSA) is 16.4 Å². The lowest BCUT2D eigenvalue weighted by Crippen LogP contribution is -2.10. The van der Waals surface area contributed by atoms with Gasteiger partial charge in [0.05, 0.1) is 0 Å². The van der Waals surface area contributed by atoms with E-state index in [9.17, 15) is 0 Å². The number of rotatable bonds is 7. The normalized spacial score (nSPS) is 11.3. The second-order valence-electron chi connectivity index (χ2n) is 13.7. The molecule has 254 valence electrons. The fraction of sp³-hybridized carbons (Fsp3) is 0. The van der Waals surface area contributed by atoms with Gasteiger partial charge in [-0.15, -0.1) is 0 Å². The van der Waals surface area contributed by atoms with Crippen LogP contribution in [0.15, 0.2) is 217 Å². The molecule has 0 atom stereocenters. The first-order valence-corrected chi connectivity index (χ1v) is 18.4. The Morgan fingerprint density at radius 2 is 0.778 bits per heavy atom. The van der Waals surface area contributed by atoms with Crippen molar-refractivity contribution in [2.45, 2.75) is 0 Å². The average Bonchev–Trinajstić information content (AvgIpc) is 3.63. The van der Waals surface area contributed by atoms with Gasteiger partial charge in [-0.1, -0.05) is 152 Å². The Bertz CT molecular complexity index is 2840. The van der Waals surface area contributed by atoms with Crippen molar-refractivity contribution in [2.24, 2.45) is 0 Å². The molecule has 1 aromatic heterocycles. The summed E-state index contributed by atoms with van der Waals surface area (Å²) in [4.78, 5) is 2.35. The van der Waals surface area contributed by atoms with Crippen LogP contribution in [0.5, 0.6) is 0 Å². The summed E-state index contributed by atoms with van der Waals surface area (Å²) in [7, 11) is 0. The fourth-order valence-corrected chi connectivity index (χ4v) is 7.84. The van der Waals surface area contributed by atoms with Gasteiger partial charge in [-0.2, -0.15) is 0 Å². The number of furan rings is 1. The minimum atomic E-state index is 0.892. The minimum Gasteiger partial charge on any atom is -0.456 e. The number of hydrogen-bond donors (Lipinski definition) is 0. The maximum absolute atomic E-state index is 6.54. The molecule has 0 bridgehead atoms. The fourth-order valence-electron chi connectivity index (χ4n) is 7.84. The third kappa shape index (κ3) is 5.71. The van der Waals surface area contributed by atoms with Gasteiger partial charge in [0.25, 0.3) is 0 Å². The Morgan fingerprint density at radius 3 is 1.41 bits per heavy atom. The van der Waals surface area contributed by atoms with E-state index in [1.54, 1.807) is 0 Å². The summed E-state index contributed by atoms with van der Waals surface area (Å²) < 4.78 is 6.54. The van der Waals surface area contributed by atoms with E-state index in [-0.39, 0.29) is 0 Å². The van der Waals surface area contributed by atoms with Gasteiger partial charge < -0.3 is 9.32 Å². The number of anilines is 3. The van der Waals surface area contributed by atoms with E-state index in [0.29, 0.717) is 0 Å². The van der Waals surface area contributed by atoms with Gasteiger partial charge >= 0.3 is 0 Å². The molecule has 0 N–H and O–H groups in total. The molecule has 54 heavy (non-hydrogen) atoms. The first kappa shape index (κ1) is 31.6. The third-order valence-electron chi connectivity index (χ3n) is 10.4. The van der Waals surface area contributed by atoms with Crippen LogP contribution < -0.4 is 4.90 Å². The molecule has 0 radical (unpaired) electrons. The van der Waals surface area contributed by atoms with Gasteiger partial charge in [0.15, 0.2) is 0 Å². The molecular formula is C52H35NO. The molecule has 0 amide bonds. The summed E-state index contributed by atoms with van der Waals surface area (Å²) in [6.07, 6.45) is 0. The molecule has 0 aliphatic heterocycles. The van der Waals surface area contributed by atoms with Crippen molar-refractivity contribution in [1.29, 1.82) is 0 Å². The molecule has 10 aromatic rings. The standard InChI is InChI=1S/C52H35NO/c1-5-15-36(16-6-1)41-31-42(37-17-7-2-8-18-37)33-45(32-41)53(43-21-11-4-12-22-43)44-28-25-38(26-29-44)40-27-30-50-49(34-40)52-47-24-14-13-23-46(47)48(35-51(52)54-50)39-19-9-3-10-20-39/h1-35H. The zero-order valence-electron chi connectivity index (χ0n) is 29.6. The largest absolute Gasteiger partial charge is 0.456 e. The second kappa shape index (κ2) is 13.4. The lowest BCUT2D eigenvalue weighted by atomic mass is 9.94. The third-order valence-corrected chi connectivity index (χ3v) is 10.4. The van der Waals surface area contributed by atoms with Gasteiger partial charge in [-0.3, -0.25) is 0 Å². The molecule has 0 saturated heterocycles. The van der Waals surface area contributed by atoms with Crippen molar-refractivity contribution in [3.05, 3.63) is 212 Å². The average molecular weight is 690 g/mol. The van der Waals surface area contributed by atoms with Crippen LogP contribution in [-0.2, 0) is 0 Å². The monoisotopic (exact) mass is 689 g/mol. The van der Waals surface area contributed by atoms with Gasteiger partial charge in [0.1, 0.15) is 11.2 Å². The second-order valence-corrected chi connectivity index (χ2v) is 13.7. The predicted octanol–water partition coefficient (Wildman–Crippen LogP) is 14.9. The molecule has 1 heterocycles. The van der Waals surface area contributed by atoms with E-state index in [0.717, 1.165) is 50.1 Å². The molecule has 0 aliphatic carbocycles. The Hall–Kier alpha value is -7.16. The smallest absolute Gasteiger partial charge is 0.136 e. The highest BCUT2D eigenvalue weighted by Gasteiger charge is 2.18. The van der Waals surface area contributed by atoms with Gasteiger partial charge in [-0.25, -0.2) is 0 Å². The van der Waals surface area contributed by atoms with E-state index in [4.69, 9.17) is 4.42 Å². The Labute approximate surface area is 314 Å². The maximum atomic E-state index is 6.54. The van der Waals surface area contributed by atoms with Crippen LogP contribution in [0.25, 0.3) is 77.2 Å². The van der Waals surface area contributed by atoms with Crippen LogP contribution >= 0.6 is 0 Å². The lowest BCUT2D eigenvalue weighted by Gasteiger charge is -2.27. The molecule has 0 aliphatic rings. The van der Waals surface area contributed by atoms with E-state index < -0.39 is 0 Å². The summed E-state index contributed by atoms with van der Waals surface area (Å²) in [6.45, 7) is 0. The predicted molar refractivity (Wildman–Crippen MR) is 228 cm³/mol. The zero-order valence-corrected chi connectivity index (χ0v) is 29.6. The molecule has 0 saturated carbocycles. The number of benzene rings is 9. The van der Waals surface area contributed by atoms with Crippen LogP contribution in [0.4, 0.5) is 17.1 Å². The first-order chi connectivity index (χ1) is 26.8. The molecule has 9 aromatic carbocycles. The number of nitrogens with zero attached hydrogens (tertiary/aromatic N) is 1.